The van der Waals surface area contributed by atoms with E-state index in [1.165, 1.54) is 32.5 Å². The summed E-state index contributed by atoms with van der Waals surface area (Å²) in [6, 6.07) is 0.808. The Morgan fingerprint density at radius 2 is 2.09 bits per heavy atom. The van der Waals surface area contributed by atoms with Gasteiger partial charge in [0.2, 0.25) is 0 Å². The highest BCUT2D eigenvalue weighted by Gasteiger charge is 2.39. The van der Waals surface area contributed by atoms with Crippen molar-refractivity contribution in [3.8, 4) is 0 Å². The molecule has 3 fully saturated rings. The molecule has 3 aliphatic rings. The first-order chi connectivity index (χ1) is 5.40. The second-order valence-electron chi connectivity index (χ2n) is 3.80. The van der Waals surface area contributed by atoms with Gasteiger partial charge in [-0.15, -0.1) is 0 Å². The number of rotatable bonds is 2. The summed E-state index contributed by atoms with van der Waals surface area (Å²) in [5.41, 5.74) is 0. The molecule has 3 rings (SSSR count). The molecule has 63 valence electrons. The summed E-state index contributed by atoms with van der Waals surface area (Å²) in [4.78, 5) is 2.59. The molecule has 0 spiro atoms. The minimum absolute atomic E-state index is 0.808. The van der Waals surface area contributed by atoms with Crippen LogP contribution in [0.5, 0.6) is 0 Å². The molecule has 2 nitrogen and oxygen atoms in total. The predicted molar refractivity (Wildman–Crippen MR) is 46.9 cm³/mol. The maximum absolute atomic E-state index is 3.57. The molecule has 3 saturated heterocycles. The lowest BCUT2D eigenvalue weighted by molar-refractivity contribution is 0.140. The number of hydrogen-bond donors (Lipinski definition) is 1. The van der Waals surface area contributed by atoms with E-state index in [4.69, 9.17) is 0 Å². The fourth-order valence-electron chi connectivity index (χ4n) is 2.46. The number of nitrogens with zero attached hydrogens (tertiary/aromatic N) is 1. The standard InChI is InChI=1S/C9H18N2/c1-2-10-9-7-11-5-3-8(9)4-6-11/h8-10H,2-7H2,1H3/q+1. The van der Waals surface area contributed by atoms with Gasteiger partial charge in [0, 0.05) is 12.8 Å². The first kappa shape index (κ1) is 7.56. The van der Waals surface area contributed by atoms with Crippen molar-refractivity contribution in [2.75, 3.05) is 26.2 Å². The molecule has 1 unspecified atom stereocenters. The second kappa shape index (κ2) is 3.11. The van der Waals surface area contributed by atoms with Gasteiger partial charge in [0.05, 0.1) is 6.04 Å². The summed E-state index contributed by atoms with van der Waals surface area (Å²) in [6.07, 6.45) is 2.86. The highest BCUT2D eigenvalue weighted by molar-refractivity contribution is 4.93. The Balaban J connectivity index is 1.92. The van der Waals surface area contributed by atoms with Gasteiger partial charge in [0.1, 0.15) is 19.6 Å². The molecular weight excluding hydrogens is 136 g/mol. The molecule has 0 aromatic rings. The average molecular weight is 154 g/mol. The van der Waals surface area contributed by atoms with E-state index >= 15 is 0 Å². The van der Waals surface area contributed by atoms with Gasteiger partial charge < -0.3 is 5.32 Å². The smallest absolute Gasteiger partial charge is 0.138 e. The van der Waals surface area contributed by atoms with Crippen LogP contribution in [-0.4, -0.2) is 32.2 Å². The maximum Gasteiger partial charge on any atom is 0.138 e. The highest BCUT2D eigenvalue weighted by atomic mass is 15.2. The molecule has 0 aromatic heterocycles. The molecule has 1 N–H and O–H groups in total. The number of nitrogens with one attached hydrogen (secondary N) is 1. The lowest BCUT2D eigenvalue weighted by atomic mass is 9.84. The second-order valence-corrected chi connectivity index (χ2v) is 3.80. The van der Waals surface area contributed by atoms with Crippen LogP contribution in [0.1, 0.15) is 19.8 Å². The third-order valence-electron chi connectivity index (χ3n) is 3.12. The number of fused-ring (bicyclic) bond motifs is 3. The monoisotopic (exact) mass is 154 g/mol. The van der Waals surface area contributed by atoms with E-state index in [0.717, 1.165) is 18.5 Å². The molecule has 11 heavy (non-hydrogen) atoms. The van der Waals surface area contributed by atoms with Crippen molar-refractivity contribution in [1.82, 2.24) is 10.2 Å². The summed E-state index contributed by atoms with van der Waals surface area (Å²) in [6.45, 7) is 7.35. The van der Waals surface area contributed by atoms with E-state index in [0.29, 0.717) is 0 Å². The van der Waals surface area contributed by atoms with Gasteiger partial charge in [-0.1, -0.05) is 6.92 Å². The lowest BCUT2D eigenvalue weighted by Gasteiger charge is -2.38. The third kappa shape index (κ3) is 1.42. The first-order valence-corrected chi connectivity index (χ1v) is 4.86. The van der Waals surface area contributed by atoms with E-state index in [1.54, 1.807) is 0 Å². The number of piperidine rings is 3. The lowest BCUT2D eigenvalue weighted by Crippen LogP contribution is -2.58. The Morgan fingerprint density at radius 1 is 1.36 bits per heavy atom. The van der Waals surface area contributed by atoms with E-state index in [-0.39, 0.29) is 0 Å². The quantitative estimate of drug-likeness (QED) is 0.574. The Labute approximate surface area is 69.0 Å². The van der Waals surface area contributed by atoms with Crippen LogP contribution in [-0.2, 0) is 0 Å². The molecule has 0 aromatic carbocycles. The maximum atomic E-state index is 3.57. The number of hydrogen-bond acceptors (Lipinski definition) is 2. The third-order valence-corrected chi connectivity index (χ3v) is 3.12. The fourth-order valence-corrected chi connectivity index (χ4v) is 2.46. The Kier molecular flexibility index (Phi) is 2.14. The van der Waals surface area contributed by atoms with Crippen LogP contribution in [0.15, 0.2) is 0 Å². The normalized spacial score (nSPS) is 42.8. The van der Waals surface area contributed by atoms with Crippen LogP contribution in [0.25, 0.3) is 0 Å². The molecule has 0 aliphatic carbocycles. The van der Waals surface area contributed by atoms with Gasteiger partial charge in [-0.05, 0) is 12.5 Å². The minimum atomic E-state index is 0.808. The largest absolute Gasteiger partial charge is 0.309 e. The molecule has 2 heteroatoms. The van der Waals surface area contributed by atoms with Gasteiger partial charge in [-0.25, -0.2) is 0 Å². The van der Waals surface area contributed by atoms with Crippen molar-refractivity contribution in [3.05, 3.63) is 0 Å². The van der Waals surface area contributed by atoms with Crippen molar-refractivity contribution >= 4 is 0 Å². The topological polar surface area (TPSA) is 17.9 Å². The highest BCUT2D eigenvalue weighted by Crippen LogP contribution is 2.25. The average Bonchev–Trinajstić information content (AvgIpc) is 2.07. The fraction of sp³-hybridized carbons (Fsp3) is 1.00. The molecular formula is C9H18N2+. The van der Waals surface area contributed by atoms with Crippen LogP contribution in [0.2, 0.25) is 0 Å². The number of likely N-dealkylation sites (N-methyl/N-ethyl adjacent to an activating group) is 1. The van der Waals surface area contributed by atoms with Crippen LogP contribution in [0.4, 0.5) is 0 Å². The summed E-state index contributed by atoms with van der Waals surface area (Å²) in [7, 11) is 0. The zero-order valence-corrected chi connectivity index (χ0v) is 7.34. The zero-order valence-electron chi connectivity index (χ0n) is 7.34. The van der Waals surface area contributed by atoms with Gasteiger partial charge in [-0.3, -0.25) is 0 Å². The van der Waals surface area contributed by atoms with E-state index in [1.807, 2.05) is 0 Å². The molecule has 3 heterocycles. The van der Waals surface area contributed by atoms with Crippen molar-refractivity contribution in [2.24, 2.45) is 5.92 Å². The van der Waals surface area contributed by atoms with Gasteiger partial charge in [0.15, 0.2) is 0 Å². The van der Waals surface area contributed by atoms with E-state index in [2.05, 4.69) is 17.1 Å². The van der Waals surface area contributed by atoms with Crippen LogP contribution >= 0.6 is 0 Å². The summed E-state index contributed by atoms with van der Waals surface area (Å²) in [5, 5.41) is 3.57. The van der Waals surface area contributed by atoms with E-state index in [9.17, 15) is 0 Å². The van der Waals surface area contributed by atoms with Crippen molar-refractivity contribution in [2.45, 2.75) is 25.8 Å². The minimum Gasteiger partial charge on any atom is -0.309 e. The zero-order chi connectivity index (χ0) is 7.68. The summed E-state index contributed by atoms with van der Waals surface area (Å²) < 4.78 is 0. The molecule has 2 bridgehead atoms. The van der Waals surface area contributed by atoms with Crippen molar-refractivity contribution in [1.29, 1.82) is 0 Å². The van der Waals surface area contributed by atoms with Crippen molar-refractivity contribution in [3.63, 3.8) is 0 Å². The molecule has 3 aliphatic heterocycles. The summed E-state index contributed by atoms with van der Waals surface area (Å²) >= 11 is 0. The van der Waals surface area contributed by atoms with Gasteiger partial charge in [0.25, 0.3) is 0 Å². The molecule has 0 amide bonds. The SMILES string of the molecule is CCNC1C[N+]2CCC1CC2. The summed E-state index contributed by atoms with van der Waals surface area (Å²) in [5.74, 6) is 0.986. The van der Waals surface area contributed by atoms with Gasteiger partial charge in [-0.2, -0.15) is 4.90 Å². The van der Waals surface area contributed by atoms with Crippen LogP contribution in [0.3, 0.4) is 0 Å². The van der Waals surface area contributed by atoms with E-state index < -0.39 is 0 Å². The Morgan fingerprint density at radius 3 is 2.55 bits per heavy atom. The Bertz CT molecular complexity index is 128. The molecule has 1 radical (unpaired) electrons. The Hall–Kier alpha value is -0.0800. The predicted octanol–water partition coefficient (Wildman–Crippen LogP) is 0.528. The van der Waals surface area contributed by atoms with Gasteiger partial charge >= 0.3 is 0 Å². The van der Waals surface area contributed by atoms with Crippen molar-refractivity contribution < 1.29 is 0 Å². The van der Waals surface area contributed by atoms with Crippen LogP contribution in [0, 0.1) is 5.92 Å². The molecule has 0 saturated carbocycles. The first-order valence-electron chi connectivity index (χ1n) is 4.86. The molecule has 1 atom stereocenters. The van der Waals surface area contributed by atoms with Crippen LogP contribution < -0.4 is 10.2 Å².